The number of ether oxygens (including phenoxy) is 1. The number of fused-ring (bicyclic) bond motifs is 1. The van der Waals surface area contributed by atoms with Crippen molar-refractivity contribution in [3.8, 4) is 0 Å². The molecular weight excluding hydrogens is 432 g/mol. The standard InChI is InChI=1S/C26H38N4O4/c1-5-28-10-12-29(13-11-28)20-8-6-19(7-9-20)25(32)27-21(14-17(2)3)26(33)30-15-18(4)24-23(30)22(31)16-34-24/h6-9,17-18,21,23-24H,5,10-16H2,1-4H3,(H,27,32)/t18-,21+,23-,24-/m1/s1. The molecule has 1 N–H and O–H groups in total. The first-order chi connectivity index (χ1) is 16.3. The van der Waals surface area contributed by atoms with Crippen molar-refractivity contribution < 1.29 is 19.1 Å². The molecule has 0 spiro atoms. The Morgan fingerprint density at radius 1 is 1.12 bits per heavy atom. The van der Waals surface area contributed by atoms with Crippen LogP contribution in [-0.4, -0.2) is 91.5 Å². The third-order valence-electron chi connectivity index (χ3n) is 7.35. The molecule has 3 fully saturated rings. The smallest absolute Gasteiger partial charge is 0.251 e. The van der Waals surface area contributed by atoms with Gasteiger partial charge in [0.05, 0.1) is 6.10 Å². The van der Waals surface area contributed by atoms with Crippen LogP contribution in [0.3, 0.4) is 0 Å². The third-order valence-corrected chi connectivity index (χ3v) is 7.35. The van der Waals surface area contributed by atoms with E-state index in [2.05, 4.69) is 22.0 Å². The van der Waals surface area contributed by atoms with E-state index in [1.54, 1.807) is 4.90 Å². The summed E-state index contributed by atoms with van der Waals surface area (Å²) in [5.74, 6) is -0.190. The predicted molar refractivity (Wildman–Crippen MR) is 131 cm³/mol. The van der Waals surface area contributed by atoms with Gasteiger partial charge in [-0.15, -0.1) is 0 Å². The van der Waals surface area contributed by atoms with Gasteiger partial charge in [0.2, 0.25) is 5.91 Å². The minimum atomic E-state index is -0.673. The van der Waals surface area contributed by atoms with Gasteiger partial charge < -0.3 is 24.8 Å². The number of ketones is 1. The lowest BCUT2D eigenvalue weighted by Gasteiger charge is -2.35. The molecule has 2 amide bonds. The van der Waals surface area contributed by atoms with Crippen molar-refractivity contribution in [2.45, 2.75) is 52.3 Å². The van der Waals surface area contributed by atoms with Crippen LogP contribution in [0, 0.1) is 11.8 Å². The molecule has 0 saturated carbocycles. The zero-order chi connectivity index (χ0) is 24.4. The second-order valence-corrected chi connectivity index (χ2v) is 10.3. The molecule has 0 radical (unpaired) electrons. The maximum absolute atomic E-state index is 13.5. The third kappa shape index (κ3) is 5.13. The number of nitrogens with zero attached hydrogens (tertiary/aromatic N) is 3. The largest absolute Gasteiger partial charge is 0.369 e. The fourth-order valence-corrected chi connectivity index (χ4v) is 5.40. The van der Waals surface area contributed by atoms with Gasteiger partial charge in [-0.05, 0) is 43.1 Å². The first kappa shape index (κ1) is 24.7. The molecular formula is C26H38N4O4. The highest BCUT2D eigenvalue weighted by Crippen LogP contribution is 2.32. The van der Waals surface area contributed by atoms with Crippen LogP contribution in [0.2, 0.25) is 0 Å². The molecule has 0 aromatic heterocycles. The van der Waals surface area contributed by atoms with Gasteiger partial charge in [-0.25, -0.2) is 0 Å². The monoisotopic (exact) mass is 470 g/mol. The molecule has 0 unspecified atom stereocenters. The highest BCUT2D eigenvalue weighted by molar-refractivity contribution is 5.99. The Bertz CT molecular complexity index is 895. The summed E-state index contributed by atoms with van der Waals surface area (Å²) in [6.07, 6.45) is 0.278. The number of likely N-dealkylation sites (tertiary alicyclic amines) is 1. The Morgan fingerprint density at radius 2 is 1.79 bits per heavy atom. The molecule has 3 saturated heterocycles. The first-order valence-corrected chi connectivity index (χ1v) is 12.6. The predicted octanol–water partition coefficient (Wildman–Crippen LogP) is 1.79. The summed E-state index contributed by atoms with van der Waals surface area (Å²) in [6.45, 7) is 13.9. The van der Waals surface area contributed by atoms with Gasteiger partial charge in [-0.3, -0.25) is 14.4 Å². The molecule has 1 aromatic rings. The van der Waals surface area contributed by atoms with Crippen LogP contribution in [0.5, 0.6) is 0 Å². The summed E-state index contributed by atoms with van der Waals surface area (Å²) in [7, 11) is 0. The number of anilines is 1. The van der Waals surface area contributed by atoms with E-state index in [9.17, 15) is 14.4 Å². The number of hydrogen-bond donors (Lipinski definition) is 1. The molecule has 0 bridgehead atoms. The fraction of sp³-hybridized carbons (Fsp3) is 0.654. The minimum absolute atomic E-state index is 0.0484. The van der Waals surface area contributed by atoms with E-state index in [0.717, 1.165) is 38.4 Å². The Morgan fingerprint density at radius 3 is 2.41 bits per heavy atom. The van der Waals surface area contributed by atoms with Crippen LogP contribution in [0.25, 0.3) is 0 Å². The Balaban J connectivity index is 1.42. The zero-order valence-electron chi connectivity index (χ0n) is 20.8. The summed E-state index contributed by atoms with van der Waals surface area (Å²) in [5.41, 5.74) is 1.64. The van der Waals surface area contributed by atoms with Crippen molar-refractivity contribution in [1.82, 2.24) is 15.1 Å². The fourth-order valence-electron chi connectivity index (χ4n) is 5.40. The molecule has 0 aliphatic carbocycles. The molecule has 4 atom stereocenters. The average molecular weight is 471 g/mol. The molecule has 4 rings (SSSR count). The Labute approximate surface area is 202 Å². The van der Waals surface area contributed by atoms with E-state index in [4.69, 9.17) is 4.74 Å². The van der Waals surface area contributed by atoms with Crippen LogP contribution in [0.15, 0.2) is 24.3 Å². The highest BCUT2D eigenvalue weighted by Gasteiger charge is 2.51. The first-order valence-electron chi connectivity index (χ1n) is 12.6. The van der Waals surface area contributed by atoms with Gasteiger partial charge in [0, 0.05) is 49.9 Å². The highest BCUT2D eigenvalue weighted by atomic mass is 16.5. The van der Waals surface area contributed by atoms with Gasteiger partial charge in [-0.1, -0.05) is 27.7 Å². The SMILES string of the molecule is CCN1CCN(c2ccc(C(=O)N[C@@H](CC(C)C)C(=O)N3C[C@@H](C)[C@H]4OCC(=O)[C@H]43)cc2)CC1. The van der Waals surface area contributed by atoms with Gasteiger partial charge in [0.15, 0.2) is 5.78 Å². The van der Waals surface area contributed by atoms with Crippen LogP contribution >= 0.6 is 0 Å². The van der Waals surface area contributed by atoms with Crippen molar-refractivity contribution in [1.29, 1.82) is 0 Å². The average Bonchev–Trinajstić information content (AvgIpc) is 3.38. The molecule has 8 heteroatoms. The maximum Gasteiger partial charge on any atom is 0.251 e. The van der Waals surface area contributed by atoms with Crippen molar-refractivity contribution in [2.75, 3.05) is 50.8 Å². The quantitative estimate of drug-likeness (QED) is 0.654. The molecule has 34 heavy (non-hydrogen) atoms. The normalized spacial score (nSPS) is 26.1. The Hall–Kier alpha value is -2.45. The number of rotatable bonds is 7. The van der Waals surface area contributed by atoms with Gasteiger partial charge >= 0.3 is 0 Å². The molecule has 186 valence electrons. The summed E-state index contributed by atoms with van der Waals surface area (Å²) in [6, 6.07) is 6.43. The van der Waals surface area contributed by atoms with Crippen LogP contribution in [0.4, 0.5) is 5.69 Å². The summed E-state index contributed by atoms with van der Waals surface area (Å²) in [4.78, 5) is 45.4. The number of nitrogens with one attached hydrogen (secondary N) is 1. The number of amides is 2. The van der Waals surface area contributed by atoms with E-state index in [0.29, 0.717) is 18.5 Å². The molecule has 8 nitrogen and oxygen atoms in total. The van der Waals surface area contributed by atoms with Crippen molar-refractivity contribution in [3.63, 3.8) is 0 Å². The topological polar surface area (TPSA) is 82.2 Å². The van der Waals surface area contributed by atoms with E-state index in [-0.39, 0.29) is 42.1 Å². The summed E-state index contributed by atoms with van der Waals surface area (Å²) in [5, 5.41) is 2.96. The number of piperazine rings is 1. The van der Waals surface area contributed by atoms with Crippen molar-refractivity contribution in [2.24, 2.45) is 11.8 Å². The van der Waals surface area contributed by atoms with E-state index in [1.165, 1.54) is 0 Å². The van der Waals surface area contributed by atoms with Crippen molar-refractivity contribution in [3.05, 3.63) is 29.8 Å². The van der Waals surface area contributed by atoms with Crippen LogP contribution in [0.1, 0.15) is 44.5 Å². The van der Waals surface area contributed by atoms with E-state index < -0.39 is 12.1 Å². The van der Waals surface area contributed by atoms with E-state index in [1.807, 2.05) is 45.0 Å². The van der Waals surface area contributed by atoms with Gasteiger partial charge in [-0.2, -0.15) is 0 Å². The van der Waals surface area contributed by atoms with Crippen LogP contribution < -0.4 is 10.2 Å². The number of likely N-dealkylation sites (N-methyl/N-ethyl adjacent to an activating group) is 1. The second-order valence-electron chi connectivity index (χ2n) is 10.3. The number of Topliss-reactive ketones (excluding diaryl/α,β-unsaturated/α-hetero) is 1. The number of benzene rings is 1. The van der Waals surface area contributed by atoms with Crippen LogP contribution in [-0.2, 0) is 14.3 Å². The number of carbonyl (C=O) groups is 3. The van der Waals surface area contributed by atoms with Gasteiger partial charge in [0.25, 0.3) is 5.91 Å². The summed E-state index contributed by atoms with van der Waals surface area (Å²) >= 11 is 0. The molecule has 3 aliphatic rings. The molecule has 1 aromatic carbocycles. The number of carbonyl (C=O) groups excluding carboxylic acids is 3. The number of hydrogen-bond acceptors (Lipinski definition) is 6. The zero-order valence-corrected chi connectivity index (χ0v) is 20.8. The van der Waals surface area contributed by atoms with Gasteiger partial charge in [0.1, 0.15) is 18.7 Å². The lowest BCUT2D eigenvalue weighted by molar-refractivity contribution is -0.138. The Kier molecular flexibility index (Phi) is 7.57. The molecule has 3 heterocycles. The second kappa shape index (κ2) is 10.4. The van der Waals surface area contributed by atoms with Crippen molar-refractivity contribution >= 4 is 23.3 Å². The minimum Gasteiger partial charge on any atom is -0.369 e. The summed E-state index contributed by atoms with van der Waals surface area (Å²) < 4.78 is 5.63. The molecule has 3 aliphatic heterocycles. The maximum atomic E-state index is 13.5. The van der Waals surface area contributed by atoms with E-state index >= 15 is 0 Å². The lowest BCUT2D eigenvalue weighted by atomic mass is 10.0. The lowest BCUT2D eigenvalue weighted by Crippen LogP contribution is -2.52.